The second kappa shape index (κ2) is 13.4. The Bertz CT molecular complexity index is 1140. The lowest BCUT2D eigenvalue weighted by molar-refractivity contribution is -0.119. The summed E-state index contributed by atoms with van der Waals surface area (Å²) in [6, 6.07) is 22.1. The first-order valence-corrected chi connectivity index (χ1v) is 12.3. The van der Waals surface area contributed by atoms with Crippen LogP contribution in [0.5, 0.6) is 11.5 Å². The summed E-state index contributed by atoms with van der Waals surface area (Å²) in [6.07, 6.45) is 1.55. The molecule has 2 amide bonds. The molecule has 176 valence electrons. The van der Waals surface area contributed by atoms with Gasteiger partial charge in [-0.1, -0.05) is 46.3 Å². The van der Waals surface area contributed by atoms with Crippen LogP contribution in [0.2, 0.25) is 0 Å². The molecule has 0 radical (unpaired) electrons. The molecule has 7 nitrogen and oxygen atoms in total. The van der Waals surface area contributed by atoms with Crippen molar-refractivity contribution >= 4 is 51.4 Å². The summed E-state index contributed by atoms with van der Waals surface area (Å²) in [5.41, 5.74) is 5.03. The highest BCUT2D eigenvalue weighted by Gasteiger charge is 2.08. The van der Waals surface area contributed by atoms with E-state index in [1.807, 2.05) is 36.4 Å². The van der Waals surface area contributed by atoms with Gasteiger partial charge in [-0.3, -0.25) is 9.59 Å². The molecule has 0 aromatic heterocycles. The molecule has 2 N–H and O–H groups in total. The molecule has 0 unspecified atom stereocenters. The van der Waals surface area contributed by atoms with Crippen LogP contribution >= 0.6 is 27.7 Å². The van der Waals surface area contributed by atoms with Gasteiger partial charge in [-0.25, -0.2) is 5.43 Å². The number of methoxy groups -OCH3 is 1. The highest BCUT2D eigenvalue weighted by molar-refractivity contribution is 9.10. The number of hydrazone groups is 1. The SMILES string of the molecule is COc1ccccc1NC(=O)COc1ccc(/C=N\NC(=O)CSCc2ccccc2Br)cc1. The molecule has 0 bridgehead atoms. The Balaban J connectivity index is 1.38. The Morgan fingerprint density at radius 3 is 2.50 bits per heavy atom. The van der Waals surface area contributed by atoms with Gasteiger partial charge in [0.2, 0.25) is 5.91 Å². The molecule has 3 aromatic rings. The Hall–Kier alpha value is -3.30. The monoisotopic (exact) mass is 541 g/mol. The van der Waals surface area contributed by atoms with Crippen molar-refractivity contribution in [3.63, 3.8) is 0 Å². The Labute approximate surface area is 211 Å². The zero-order valence-corrected chi connectivity index (χ0v) is 20.9. The van der Waals surface area contributed by atoms with Crippen molar-refractivity contribution in [2.24, 2.45) is 5.10 Å². The number of ether oxygens (including phenoxy) is 2. The molecule has 9 heteroatoms. The third-order valence-corrected chi connectivity index (χ3v) is 6.24. The Morgan fingerprint density at radius 2 is 1.74 bits per heavy atom. The average molecular weight is 542 g/mol. The summed E-state index contributed by atoms with van der Waals surface area (Å²) in [5.74, 6) is 1.69. The minimum Gasteiger partial charge on any atom is -0.495 e. The quantitative estimate of drug-likeness (QED) is 0.267. The van der Waals surface area contributed by atoms with Crippen LogP contribution in [0.15, 0.2) is 82.4 Å². The van der Waals surface area contributed by atoms with E-state index in [2.05, 4.69) is 31.8 Å². The fraction of sp³-hybridized carbons (Fsp3) is 0.160. The lowest BCUT2D eigenvalue weighted by atomic mass is 10.2. The zero-order valence-electron chi connectivity index (χ0n) is 18.5. The van der Waals surface area contributed by atoms with Gasteiger partial charge in [0.15, 0.2) is 6.61 Å². The Morgan fingerprint density at radius 1 is 1.00 bits per heavy atom. The molecule has 3 aromatic carbocycles. The predicted octanol–water partition coefficient (Wildman–Crippen LogP) is 4.86. The largest absolute Gasteiger partial charge is 0.495 e. The minimum absolute atomic E-state index is 0.140. The van der Waals surface area contributed by atoms with E-state index in [9.17, 15) is 9.59 Å². The number of rotatable bonds is 11. The lowest BCUT2D eigenvalue weighted by Crippen LogP contribution is -2.20. The maximum absolute atomic E-state index is 12.1. The highest BCUT2D eigenvalue weighted by Crippen LogP contribution is 2.23. The third kappa shape index (κ3) is 8.24. The normalized spacial score (nSPS) is 10.6. The smallest absolute Gasteiger partial charge is 0.262 e. The number of nitrogens with zero attached hydrogens (tertiary/aromatic N) is 1. The fourth-order valence-electron chi connectivity index (χ4n) is 2.81. The molecule has 0 fully saturated rings. The van der Waals surface area contributed by atoms with Crippen LogP contribution in [-0.2, 0) is 15.3 Å². The maximum Gasteiger partial charge on any atom is 0.262 e. The third-order valence-electron chi connectivity index (χ3n) is 4.48. The first-order valence-electron chi connectivity index (χ1n) is 10.3. The van der Waals surface area contributed by atoms with Gasteiger partial charge in [0.05, 0.1) is 24.8 Å². The summed E-state index contributed by atoms with van der Waals surface area (Å²) in [7, 11) is 1.54. The van der Waals surface area contributed by atoms with Gasteiger partial charge in [0.1, 0.15) is 11.5 Å². The molecule has 0 atom stereocenters. The molecular weight excluding hydrogens is 518 g/mol. The molecule has 0 aliphatic rings. The van der Waals surface area contributed by atoms with Crippen molar-refractivity contribution in [3.8, 4) is 11.5 Å². The Kier molecular flexibility index (Phi) is 9.99. The number of thioether (sulfide) groups is 1. The molecule has 0 aliphatic heterocycles. The molecule has 0 saturated carbocycles. The number of para-hydroxylation sites is 2. The first-order chi connectivity index (χ1) is 16.5. The molecule has 3 rings (SSSR count). The lowest BCUT2D eigenvalue weighted by Gasteiger charge is -2.10. The number of carbonyl (C=O) groups is 2. The van der Waals surface area contributed by atoms with Crippen molar-refractivity contribution in [2.75, 3.05) is 24.8 Å². The summed E-state index contributed by atoms with van der Waals surface area (Å²) >= 11 is 5.02. The minimum atomic E-state index is -0.296. The van der Waals surface area contributed by atoms with Crippen LogP contribution in [0.25, 0.3) is 0 Å². The number of hydrogen-bond acceptors (Lipinski definition) is 6. The average Bonchev–Trinajstić information content (AvgIpc) is 2.85. The van der Waals surface area contributed by atoms with Crippen LogP contribution < -0.4 is 20.2 Å². The van der Waals surface area contributed by atoms with Crippen LogP contribution in [0.3, 0.4) is 0 Å². The highest BCUT2D eigenvalue weighted by atomic mass is 79.9. The van der Waals surface area contributed by atoms with E-state index in [1.165, 1.54) is 11.8 Å². The van der Waals surface area contributed by atoms with Crippen molar-refractivity contribution < 1.29 is 19.1 Å². The fourth-order valence-corrected chi connectivity index (χ4v) is 4.25. The molecular formula is C25H24BrN3O4S. The molecule has 0 aliphatic carbocycles. The summed E-state index contributed by atoms with van der Waals surface area (Å²) in [5, 5.41) is 6.74. The number of nitrogens with one attached hydrogen (secondary N) is 2. The van der Waals surface area contributed by atoms with E-state index in [0.717, 1.165) is 21.4 Å². The zero-order chi connectivity index (χ0) is 24.2. The molecule has 0 saturated heterocycles. The predicted molar refractivity (Wildman–Crippen MR) is 140 cm³/mol. The van der Waals surface area contributed by atoms with E-state index in [4.69, 9.17) is 9.47 Å². The van der Waals surface area contributed by atoms with Gasteiger partial charge in [-0.15, -0.1) is 11.8 Å². The standard InChI is InChI=1S/C25H24BrN3O4S/c1-32-23-9-5-4-8-22(23)28-24(30)15-33-20-12-10-18(11-13-20)14-27-29-25(31)17-34-16-19-6-2-3-7-21(19)26/h2-14H,15-17H2,1H3,(H,28,30)(H,29,31)/b27-14-. The van der Waals surface area contributed by atoms with E-state index in [-0.39, 0.29) is 18.4 Å². The number of anilines is 1. The van der Waals surface area contributed by atoms with Crippen molar-refractivity contribution in [3.05, 3.63) is 88.4 Å². The second-order valence-electron chi connectivity index (χ2n) is 6.98. The van der Waals surface area contributed by atoms with Gasteiger partial charge < -0.3 is 14.8 Å². The van der Waals surface area contributed by atoms with Gasteiger partial charge in [0, 0.05) is 10.2 Å². The van der Waals surface area contributed by atoms with Gasteiger partial charge in [-0.2, -0.15) is 5.10 Å². The molecule has 0 heterocycles. The van der Waals surface area contributed by atoms with Crippen molar-refractivity contribution in [1.82, 2.24) is 5.43 Å². The number of amides is 2. The van der Waals surface area contributed by atoms with Crippen LogP contribution in [0, 0.1) is 0 Å². The number of carbonyl (C=O) groups excluding carboxylic acids is 2. The van der Waals surface area contributed by atoms with Gasteiger partial charge in [-0.05, 0) is 53.6 Å². The van der Waals surface area contributed by atoms with E-state index >= 15 is 0 Å². The summed E-state index contributed by atoms with van der Waals surface area (Å²) in [6.45, 7) is -0.140. The van der Waals surface area contributed by atoms with Crippen LogP contribution in [0.4, 0.5) is 5.69 Å². The van der Waals surface area contributed by atoms with Crippen LogP contribution in [-0.4, -0.2) is 37.5 Å². The van der Waals surface area contributed by atoms with Crippen molar-refractivity contribution in [2.45, 2.75) is 5.75 Å². The van der Waals surface area contributed by atoms with Crippen molar-refractivity contribution in [1.29, 1.82) is 0 Å². The van der Waals surface area contributed by atoms with Gasteiger partial charge in [0.25, 0.3) is 5.91 Å². The van der Waals surface area contributed by atoms with E-state index < -0.39 is 0 Å². The van der Waals surface area contributed by atoms with Crippen LogP contribution in [0.1, 0.15) is 11.1 Å². The van der Waals surface area contributed by atoms with Gasteiger partial charge >= 0.3 is 0 Å². The van der Waals surface area contributed by atoms with E-state index in [1.54, 1.807) is 49.7 Å². The maximum atomic E-state index is 12.1. The molecule has 34 heavy (non-hydrogen) atoms. The summed E-state index contributed by atoms with van der Waals surface area (Å²) in [4.78, 5) is 24.1. The van der Waals surface area contributed by atoms with E-state index in [0.29, 0.717) is 22.9 Å². The number of benzene rings is 3. The second-order valence-corrected chi connectivity index (χ2v) is 8.82. The number of halogens is 1. The molecule has 0 spiro atoms. The summed E-state index contributed by atoms with van der Waals surface area (Å²) < 4.78 is 11.8. The topological polar surface area (TPSA) is 89.0 Å². The number of hydrogen-bond donors (Lipinski definition) is 2. The first kappa shape index (κ1) is 25.3.